The molecule has 3 aromatic rings. The van der Waals surface area contributed by atoms with E-state index in [4.69, 9.17) is 10.5 Å². The first-order chi connectivity index (χ1) is 12.0. The van der Waals surface area contributed by atoms with Crippen LogP contribution < -0.4 is 16.0 Å². The fraction of sp³-hybridized carbons (Fsp3) is 0.286. The molecule has 2 aromatic carbocycles. The molecule has 4 heteroatoms. The van der Waals surface area contributed by atoms with Crippen LogP contribution in [-0.4, -0.2) is 11.2 Å². The van der Waals surface area contributed by atoms with Gasteiger partial charge in [0.05, 0.1) is 6.54 Å². The highest BCUT2D eigenvalue weighted by Gasteiger charge is 2.06. The van der Waals surface area contributed by atoms with E-state index in [1.807, 2.05) is 49.5 Å². The van der Waals surface area contributed by atoms with E-state index in [2.05, 4.69) is 19.9 Å². The van der Waals surface area contributed by atoms with Gasteiger partial charge in [-0.15, -0.1) is 0 Å². The quantitative estimate of drug-likeness (QED) is 0.714. The van der Waals surface area contributed by atoms with Crippen molar-refractivity contribution in [1.29, 1.82) is 0 Å². The van der Waals surface area contributed by atoms with Crippen LogP contribution in [0.2, 0.25) is 0 Å². The Hall–Kier alpha value is -2.75. The third-order valence-electron chi connectivity index (χ3n) is 4.51. The lowest BCUT2D eigenvalue weighted by Crippen LogP contribution is -2.22. The van der Waals surface area contributed by atoms with Gasteiger partial charge in [0.1, 0.15) is 12.4 Å². The Kier molecular flexibility index (Phi) is 4.79. The monoisotopic (exact) mass is 336 g/mol. The van der Waals surface area contributed by atoms with Crippen LogP contribution in [0.5, 0.6) is 5.75 Å². The smallest absolute Gasteiger partial charge is 0.258 e. The molecule has 2 N–H and O–H groups in total. The molecule has 0 atom stereocenters. The Balaban J connectivity index is 1.78. The molecule has 0 spiro atoms. The molecule has 0 fully saturated rings. The second-order valence-corrected chi connectivity index (χ2v) is 6.68. The van der Waals surface area contributed by atoms with Crippen molar-refractivity contribution in [2.75, 3.05) is 12.3 Å². The standard InChI is InChI=1S/C21H24N2O2/c1-14(2)17-5-4-16-8-9-23(21(24)19(16)13-17)10-11-25-18-6-7-20(22)15(3)12-18/h4-9,12-14H,10-11,22H2,1-3H3. The Labute approximate surface area is 147 Å². The summed E-state index contributed by atoms with van der Waals surface area (Å²) in [4.78, 5) is 12.7. The van der Waals surface area contributed by atoms with Gasteiger partial charge in [-0.3, -0.25) is 4.79 Å². The van der Waals surface area contributed by atoms with Gasteiger partial charge >= 0.3 is 0 Å². The maximum Gasteiger partial charge on any atom is 0.258 e. The Morgan fingerprint density at radius 1 is 1.12 bits per heavy atom. The molecule has 0 saturated heterocycles. The number of anilines is 1. The van der Waals surface area contributed by atoms with Crippen LogP contribution in [0, 0.1) is 6.92 Å². The number of rotatable bonds is 5. The lowest BCUT2D eigenvalue weighted by molar-refractivity contribution is 0.296. The molecular formula is C21H24N2O2. The molecule has 0 saturated carbocycles. The summed E-state index contributed by atoms with van der Waals surface area (Å²) in [6.07, 6.45) is 1.83. The van der Waals surface area contributed by atoms with Gasteiger partial charge in [-0.1, -0.05) is 26.0 Å². The molecule has 3 rings (SSSR count). The molecule has 4 nitrogen and oxygen atoms in total. The van der Waals surface area contributed by atoms with Crippen LogP contribution in [0.25, 0.3) is 10.8 Å². The number of benzene rings is 2. The molecule has 0 bridgehead atoms. The summed E-state index contributed by atoms with van der Waals surface area (Å²) in [5, 5.41) is 1.73. The molecular weight excluding hydrogens is 312 g/mol. The number of aromatic nitrogens is 1. The van der Waals surface area contributed by atoms with Crippen LogP contribution >= 0.6 is 0 Å². The van der Waals surface area contributed by atoms with Crippen LogP contribution in [0.1, 0.15) is 30.9 Å². The Bertz CT molecular complexity index is 958. The number of fused-ring (bicyclic) bond motifs is 1. The van der Waals surface area contributed by atoms with Crippen molar-refractivity contribution in [3.8, 4) is 5.75 Å². The molecule has 0 unspecified atom stereocenters. The number of nitrogens with two attached hydrogens (primary N) is 1. The van der Waals surface area contributed by atoms with E-state index < -0.39 is 0 Å². The first kappa shape index (κ1) is 17.1. The van der Waals surface area contributed by atoms with Gasteiger partial charge in [-0.05, 0) is 59.7 Å². The van der Waals surface area contributed by atoms with Gasteiger partial charge in [0.25, 0.3) is 5.56 Å². The van der Waals surface area contributed by atoms with Crippen LogP contribution in [-0.2, 0) is 6.54 Å². The lowest BCUT2D eigenvalue weighted by atomic mass is 10.0. The van der Waals surface area contributed by atoms with Crippen molar-refractivity contribution in [2.45, 2.75) is 33.2 Å². The van der Waals surface area contributed by atoms with Gasteiger partial charge in [-0.25, -0.2) is 0 Å². The van der Waals surface area contributed by atoms with Crippen LogP contribution in [0.15, 0.2) is 53.5 Å². The highest BCUT2D eigenvalue weighted by molar-refractivity contribution is 5.82. The summed E-state index contributed by atoms with van der Waals surface area (Å²) < 4.78 is 7.46. The number of ether oxygens (including phenoxy) is 1. The van der Waals surface area contributed by atoms with Gasteiger partial charge in [-0.2, -0.15) is 0 Å². The topological polar surface area (TPSA) is 57.2 Å². The molecule has 0 aliphatic rings. The molecule has 0 amide bonds. The predicted octanol–water partition coefficient (Wildman–Crippen LogP) is 4.09. The minimum absolute atomic E-state index is 0.0251. The van der Waals surface area contributed by atoms with Gasteiger partial charge in [0, 0.05) is 17.3 Å². The summed E-state index contributed by atoms with van der Waals surface area (Å²) in [7, 11) is 0. The van der Waals surface area contributed by atoms with Gasteiger partial charge in [0.15, 0.2) is 0 Å². The summed E-state index contributed by atoms with van der Waals surface area (Å²) >= 11 is 0. The third-order valence-corrected chi connectivity index (χ3v) is 4.51. The van der Waals surface area contributed by atoms with E-state index in [0.29, 0.717) is 19.1 Å². The van der Waals surface area contributed by atoms with Crippen molar-refractivity contribution in [1.82, 2.24) is 4.57 Å². The molecule has 0 aliphatic heterocycles. The second kappa shape index (κ2) is 7.01. The van der Waals surface area contributed by atoms with Crippen LogP contribution in [0.3, 0.4) is 0 Å². The van der Waals surface area contributed by atoms with Crippen molar-refractivity contribution >= 4 is 16.5 Å². The number of hydrogen-bond acceptors (Lipinski definition) is 3. The summed E-state index contributed by atoms with van der Waals surface area (Å²) in [5.74, 6) is 1.16. The van der Waals surface area contributed by atoms with Crippen molar-refractivity contribution in [2.24, 2.45) is 0 Å². The highest BCUT2D eigenvalue weighted by Crippen LogP contribution is 2.20. The third kappa shape index (κ3) is 3.68. The van der Waals surface area contributed by atoms with Crippen molar-refractivity contribution < 1.29 is 4.74 Å². The zero-order valence-corrected chi connectivity index (χ0v) is 15.0. The van der Waals surface area contributed by atoms with Crippen molar-refractivity contribution in [3.63, 3.8) is 0 Å². The average Bonchev–Trinajstić information content (AvgIpc) is 2.59. The lowest BCUT2D eigenvalue weighted by Gasteiger charge is -2.11. The maximum atomic E-state index is 12.7. The van der Waals surface area contributed by atoms with Crippen LogP contribution in [0.4, 0.5) is 5.69 Å². The fourth-order valence-electron chi connectivity index (χ4n) is 2.83. The van der Waals surface area contributed by atoms with Gasteiger partial charge < -0.3 is 15.0 Å². The van der Waals surface area contributed by atoms with E-state index in [-0.39, 0.29) is 5.56 Å². The summed E-state index contributed by atoms with van der Waals surface area (Å²) in [6.45, 7) is 7.14. The minimum atomic E-state index is 0.0251. The summed E-state index contributed by atoms with van der Waals surface area (Å²) in [5.41, 5.74) is 8.75. The molecule has 1 aromatic heterocycles. The SMILES string of the molecule is Cc1cc(OCCn2ccc3ccc(C(C)C)cc3c2=O)ccc1N. The van der Waals surface area contributed by atoms with E-state index >= 15 is 0 Å². The summed E-state index contributed by atoms with van der Waals surface area (Å²) in [6, 6.07) is 13.7. The number of pyridine rings is 1. The van der Waals surface area contributed by atoms with E-state index in [9.17, 15) is 4.79 Å². The average molecular weight is 336 g/mol. The van der Waals surface area contributed by atoms with E-state index in [1.54, 1.807) is 4.57 Å². The first-order valence-corrected chi connectivity index (χ1v) is 8.58. The highest BCUT2D eigenvalue weighted by atomic mass is 16.5. The Morgan fingerprint density at radius 2 is 1.92 bits per heavy atom. The van der Waals surface area contributed by atoms with Crippen molar-refractivity contribution in [3.05, 3.63) is 70.1 Å². The fourth-order valence-corrected chi connectivity index (χ4v) is 2.83. The molecule has 0 aliphatic carbocycles. The second-order valence-electron chi connectivity index (χ2n) is 6.68. The number of aryl methyl sites for hydroxylation is 1. The van der Waals surface area contributed by atoms with E-state index in [1.165, 1.54) is 5.56 Å². The minimum Gasteiger partial charge on any atom is -0.492 e. The normalized spacial score (nSPS) is 11.2. The number of nitrogens with zero attached hydrogens (tertiary/aromatic N) is 1. The zero-order chi connectivity index (χ0) is 18.0. The predicted molar refractivity (Wildman–Crippen MR) is 103 cm³/mol. The van der Waals surface area contributed by atoms with E-state index in [0.717, 1.165) is 27.8 Å². The molecule has 130 valence electrons. The molecule has 25 heavy (non-hydrogen) atoms. The largest absolute Gasteiger partial charge is 0.492 e. The zero-order valence-electron chi connectivity index (χ0n) is 15.0. The number of hydrogen-bond donors (Lipinski definition) is 1. The first-order valence-electron chi connectivity index (χ1n) is 8.58. The molecule has 1 heterocycles. The maximum absolute atomic E-state index is 12.7. The number of nitrogen functional groups attached to an aromatic ring is 1. The van der Waals surface area contributed by atoms with Gasteiger partial charge in [0.2, 0.25) is 0 Å². The molecule has 0 radical (unpaired) electrons. The Morgan fingerprint density at radius 3 is 2.64 bits per heavy atom.